The number of nitrogens with one attached hydrogen (secondary N) is 2. The van der Waals surface area contributed by atoms with Gasteiger partial charge in [0.1, 0.15) is 0 Å². The number of hydrogen-bond acceptors (Lipinski definition) is 4. The van der Waals surface area contributed by atoms with Crippen LogP contribution in [0.5, 0.6) is 0 Å². The Morgan fingerprint density at radius 1 is 1.11 bits per heavy atom. The first-order chi connectivity index (χ1) is 8.59. The lowest BCUT2D eigenvalue weighted by molar-refractivity contribution is 0.129. The van der Waals surface area contributed by atoms with Gasteiger partial charge in [0.25, 0.3) is 10.2 Å². The van der Waals surface area contributed by atoms with Gasteiger partial charge in [-0.25, -0.2) is 0 Å². The minimum Gasteiger partial charge on any atom is -0.391 e. The van der Waals surface area contributed by atoms with Gasteiger partial charge in [0.05, 0.1) is 6.10 Å². The van der Waals surface area contributed by atoms with Crippen molar-refractivity contribution in [2.24, 2.45) is 0 Å². The highest BCUT2D eigenvalue weighted by molar-refractivity contribution is 7.87. The number of nitrogens with zero attached hydrogens (tertiary/aromatic N) is 1. The maximum Gasteiger partial charge on any atom is 0.279 e. The van der Waals surface area contributed by atoms with E-state index < -0.39 is 16.3 Å². The molecule has 7 heteroatoms. The monoisotopic (exact) mass is 277 g/mol. The van der Waals surface area contributed by atoms with Gasteiger partial charge in [0.2, 0.25) is 0 Å². The van der Waals surface area contributed by atoms with Crippen LogP contribution in [0.2, 0.25) is 0 Å². The fourth-order valence-corrected chi connectivity index (χ4v) is 4.05. The van der Waals surface area contributed by atoms with Crippen LogP contribution < -0.4 is 10.0 Å². The molecule has 0 spiro atoms. The molecule has 2 atom stereocenters. The zero-order valence-corrected chi connectivity index (χ0v) is 11.5. The molecule has 1 saturated heterocycles. The largest absolute Gasteiger partial charge is 0.391 e. The van der Waals surface area contributed by atoms with Crippen LogP contribution in [0.4, 0.5) is 0 Å². The third kappa shape index (κ3) is 3.64. The Labute approximate surface area is 109 Å². The Morgan fingerprint density at radius 3 is 2.50 bits per heavy atom. The van der Waals surface area contributed by atoms with E-state index >= 15 is 0 Å². The van der Waals surface area contributed by atoms with Crippen molar-refractivity contribution in [3.05, 3.63) is 0 Å². The highest BCUT2D eigenvalue weighted by Crippen LogP contribution is 2.19. The molecule has 3 N–H and O–H groups in total. The van der Waals surface area contributed by atoms with Crippen molar-refractivity contribution in [1.29, 1.82) is 0 Å². The maximum absolute atomic E-state index is 12.2. The van der Waals surface area contributed by atoms with Crippen molar-refractivity contribution >= 4 is 10.2 Å². The van der Waals surface area contributed by atoms with Crippen molar-refractivity contribution in [1.82, 2.24) is 14.3 Å². The van der Waals surface area contributed by atoms with Crippen LogP contribution in [-0.2, 0) is 10.2 Å². The van der Waals surface area contributed by atoms with E-state index in [2.05, 4.69) is 10.0 Å². The van der Waals surface area contributed by atoms with Gasteiger partial charge in [-0.3, -0.25) is 0 Å². The number of aliphatic hydroxyl groups is 1. The molecule has 106 valence electrons. The van der Waals surface area contributed by atoms with Crippen molar-refractivity contribution in [3.63, 3.8) is 0 Å². The van der Waals surface area contributed by atoms with Crippen LogP contribution in [0, 0.1) is 0 Å². The summed E-state index contributed by atoms with van der Waals surface area (Å²) in [5, 5.41) is 13.1. The van der Waals surface area contributed by atoms with Gasteiger partial charge >= 0.3 is 0 Å². The van der Waals surface area contributed by atoms with E-state index in [1.165, 1.54) is 4.31 Å². The molecule has 1 aliphatic carbocycles. The second-order valence-corrected chi connectivity index (χ2v) is 6.79. The molecule has 0 bridgehead atoms. The quantitative estimate of drug-likeness (QED) is 0.603. The van der Waals surface area contributed by atoms with Crippen molar-refractivity contribution in [2.45, 2.75) is 44.2 Å². The second-order valence-electron chi connectivity index (χ2n) is 5.08. The lowest BCUT2D eigenvalue weighted by Crippen LogP contribution is -2.54. The second kappa shape index (κ2) is 6.29. The van der Waals surface area contributed by atoms with Crippen molar-refractivity contribution < 1.29 is 13.5 Å². The Balaban J connectivity index is 1.97. The Kier molecular flexibility index (Phi) is 4.97. The third-order valence-corrected chi connectivity index (χ3v) is 5.34. The summed E-state index contributed by atoms with van der Waals surface area (Å²) in [6.07, 6.45) is 3.90. The molecule has 0 amide bonds. The highest BCUT2D eigenvalue weighted by Gasteiger charge is 2.30. The zero-order valence-electron chi connectivity index (χ0n) is 10.6. The van der Waals surface area contributed by atoms with E-state index in [9.17, 15) is 13.5 Å². The van der Waals surface area contributed by atoms with Gasteiger partial charge in [-0.15, -0.1) is 0 Å². The molecule has 6 nitrogen and oxygen atoms in total. The molecule has 0 aromatic carbocycles. The Hall–Kier alpha value is -0.210. The molecule has 1 heterocycles. The summed E-state index contributed by atoms with van der Waals surface area (Å²) < 4.78 is 28.5. The van der Waals surface area contributed by atoms with E-state index in [1.807, 2.05) is 0 Å². The molecule has 0 aromatic heterocycles. The maximum atomic E-state index is 12.2. The van der Waals surface area contributed by atoms with Gasteiger partial charge in [-0.1, -0.05) is 19.3 Å². The lowest BCUT2D eigenvalue weighted by Gasteiger charge is -2.30. The molecule has 18 heavy (non-hydrogen) atoms. The number of rotatable bonds is 3. The van der Waals surface area contributed by atoms with E-state index in [0.29, 0.717) is 32.6 Å². The SMILES string of the molecule is O=S(=O)(NC1CCCCCC1O)N1CCNCC1. The van der Waals surface area contributed by atoms with E-state index in [1.54, 1.807) is 0 Å². The summed E-state index contributed by atoms with van der Waals surface area (Å²) in [6, 6.07) is -0.326. The van der Waals surface area contributed by atoms with Crippen molar-refractivity contribution in [3.8, 4) is 0 Å². The Bertz CT molecular complexity index is 355. The van der Waals surface area contributed by atoms with Gasteiger partial charge in [0, 0.05) is 32.2 Å². The van der Waals surface area contributed by atoms with Crippen LogP contribution in [-0.4, -0.2) is 56.2 Å². The third-order valence-electron chi connectivity index (χ3n) is 3.70. The summed E-state index contributed by atoms with van der Waals surface area (Å²) in [6.45, 7) is 2.37. The standard InChI is InChI=1S/C11H23N3O3S/c15-11-5-3-1-2-4-10(11)13-18(16,17)14-8-6-12-7-9-14/h10-13,15H,1-9H2. The molecule has 2 fully saturated rings. The first-order valence-corrected chi connectivity index (χ1v) is 8.20. The van der Waals surface area contributed by atoms with Crippen LogP contribution in [0.25, 0.3) is 0 Å². The summed E-state index contributed by atoms with van der Waals surface area (Å²) in [5.74, 6) is 0. The fourth-order valence-electron chi connectivity index (χ4n) is 2.58. The summed E-state index contributed by atoms with van der Waals surface area (Å²) in [7, 11) is -3.45. The molecule has 1 aliphatic heterocycles. The summed E-state index contributed by atoms with van der Waals surface area (Å²) in [4.78, 5) is 0. The highest BCUT2D eigenvalue weighted by atomic mass is 32.2. The lowest BCUT2D eigenvalue weighted by atomic mass is 10.1. The molecule has 2 unspecified atom stereocenters. The van der Waals surface area contributed by atoms with Crippen LogP contribution >= 0.6 is 0 Å². The normalized spacial score (nSPS) is 32.1. The fraction of sp³-hybridized carbons (Fsp3) is 1.00. The summed E-state index contributed by atoms with van der Waals surface area (Å²) in [5.41, 5.74) is 0. The molecule has 2 rings (SSSR count). The molecular weight excluding hydrogens is 254 g/mol. The number of piperazine rings is 1. The average Bonchev–Trinajstić information content (AvgIpc) is 2.56. The minimum absolute atomic E-state index is 0.326. The van der Waals surface area contributed by atoms with Crippen LogP contribution in [0.15, 0.2) is 0 Å². The molecular formula is C11H23N3O3S. The summed E-state index contributed by atoms with van der Waals surface area (Å²) >= 11 is 0. The predicted molar refractivity (Wildman–Crippen MR) is 69.4 cm³/mol. The van der Waals surface area contributed by atoms with E-state index in [-0.39, 0.29) is 6.04 Å². The number of hydrogen-bond donors (Lipinski definition) is 3. The van der Waals surface area contributed by atoms with Crippen molar-refractivity contribution in [2.75, 3.05) is 26.2 Å². The van der Waals surface area contributed by atoms with Gasteiger partial charge in [-0.05, 0) is 12.8 Å². The molecule has 0 aromatic rings. The minimum atomic E-state index is -3.45. The number of aliphatic hydroxyl groups excluding tert-OH is 1. The zero-order chi connectivity index (χ0) is 13.0. The van der Waals surface area contributed by atoms with Crippen LogP contribution in [0.3, 0.4) is 0 Å². The predicted octanol–water partition coefficient (Wildman–Crippen LogP) is -0.580. The Morgan fingerprint density at radius 2 is 1.78 bits per heavy atom. The van der Waals surface area contributed by atoms with Crippen LogP contribution in [0.1, 0.15) is 32.1 Å². The van der Waals surface area contributed by atoms with Gasteiger partial charge < -0.3 is 10.4 Å². The smallest absolute Gasteiger partial charge is 0.279 e. The van der Waals surface area contributed by atoms with Gasteiger partial charge in [0.15, 0.2) is 0 Å². The molecule has 2 aliphatic rings. The first-order valence-electron chi connectivity index (χ1n) is 6.76. The van der Waals surface area contributed by atoms with E-state index in [4.69, 9.17) is 0 Å². The van der Waals surface area contributed by atoms with E-state index in [0.717, 1.165) is 25.7 Å². The molecule has 0 radical (unpaired) electrons. The first kappa shape index (κ1) is 14.2. The molecule has 1 saturated carbocycles. The van der Waals surface area contributed by atoms with Gasteiger partial charge in [-0.2, -0.15) is 17.4 Å². The average molecular weight is 277 g/mol. The topological polar surface area (TPSA) is 81.7 Å².